The fraction of sp³-hybridized carbons (Fsp3) is 0.125. The van der Waals surface area contributed by atoms with Crippen LogP contribution >= 0.6 is 0 Å². The number of amides is 1. The SMILES string of the molecule is O=C(O)C(=O)NCc1ncc(F)cc1F. The Kier molecular flexibility index (Phi) is 3.27. The normalized spacial score (nSPS) is 9.73. The van der Waals surface area contributed by atoms with Gasteiger partial charge in [0.1, 0.15) is 11.6 Å². The minimum atomic E-state index is -1.68. The van der Waals surface area contributed by atoms with Crippen LogP contribution in [-0.4, -0.2) is 22.0 Å². The Hall–Kier alpha value is -2.05. The number of aliphatic carboxylic acids is 1. The van der Waals surface area contributed by atoms with Crippen LogP contribution in [0.1, 0.15) is 5.69 Å². The first-order valence-corrected chi connectivity index (χ1v) is 3.81. The summed E-state index contributed by atoms with van der Waals surface area (Å²) in [5.41, 5.74) is -0.231. The van der Waals surface area contributed by atoms with E-state index in [1.165, 1.54) is 0 Å². The molecule has 1 rings (SSSR count). The van der Waals surface area contributed by atoms with Gasteiger partial charge in [-0.05, 0) is 0 Å². The maximum Gasteiger partial charge on any atom is 0.394 e. The molecule has 1 aromatic heterocycles. The Bertz CT molecular complexity index is 409. The van der Waals surface area contributed by atoms with Gasteiger partial charge in [0.05, 0.1) is 18.4 Å². The van der Waals surface area contributed by atoms with Crippen LogP contribution in [0.5, 0.6) is 0 Å². The molecule has 80 valence electrons. The minimum Gasteiger partial charge on any atom is -0.474 e. The molecule has 0 radical (unpaired) electrons. The molecule has 7 heteroatoms. The first-order chi connectivity index (χ1) is 7.00. The summed E-state index contributed by atoms with van der Waals surface area (Å²) >= 11 is 0. The molecule has 1 aromatic rings. The van der Waals surface area contributed by atoms with E-state index in [9.17, 15) is 18.4 Å². The quantitative estimate of drug-likeness (QED) is 0.685. The van der Waals surface area contributed by atoms with Crippen molar-refractivity contribution < 1.29 is 23.5 Å². The van der Waals surface area contributed by atoms with E-state index in [4.69, 9.17) is 5.11 Å². The smallest absolute Gasteiger partial charge is 0.394 e. The average Bonchev–Trinajstić information content (AvgIpc) is 2.15. The Morgan fingerprint density at radius 2 is 2.13 bits per heavy atom. The standard InChI is InChI=1S/C8H6F2N2O3/c9-4-1-5(10)6(11-2-4)3-12-7(13)8(14)15/h1-2H,3H2,(H,12,13)(H,14,15). The van der Waals surface area contributed by atoms with Gasteiger partial charge in [0.15, 0.2) is 0 Å². The number of pyridine rings is 1. The number of carbonyl (C=O) groups is 2. The molecule has 1 heterocycles. The number of rotatable bonds is 2. The molecule has 0 atom stereocenters. The molecule has 0 aliphatic rings. The molecule has 0 fully saturated rings. The van der Waals surface area contributed by atoms with Crippen molar-refractivity contribution in [2.75, 3.05) is 0 Å². The maximum absolute atomic E-state index is 12.9. The maximum atomic E-state index is 12.9. The van der Waals surface area contributed by atoms with Gasteiger partial charge in [0.25, 0.3) is 0 Å². The van der Waals surface area contributed by atoms with Crippen molar-refractivity contribution in [3.8, 4) is 0 Å². The molecule has 5 nitrogen and oxygen atoms in total. The zero-order chi connectivity index (χ0) is 11.4. The van der Waals surface area contributed by atoms with E-state index >= 15 is 0 Å². The van der Waals surface area contributed by atoms with Crippen LogP contribution in [0.25, 0.3) is 0 Å². The van der Waals surface area contributed by atoms with E-state index < -0.39 is 30.1 Å². The summed E-state index contributed by atoms with van der Waals surface area (Å²) < 4.78 is 25.3. The van der Waals surface area contributed by atoms with Gasteiger partial charge in [0.2, 0.25) is 0 Å². The molecule has 0 aromatic carbocycles. The fourth-order valence-electron chi connectivity index (χ4n) is 0.813. The molecule has 0 aliphatic heterocycles. The van der Waals surface area contributed by atoms with Crippen LogP contribution in [0.3, 0.4) is 0 Å². The van der Waals surface area contributed by atoms with Crippen LogP contribution < -0.4 is 5.32 Å². The van der Waals surface area contributed by atoms with Gasteiger partial charge in [-0.15, -0.1) is 0 Å². The van der Waals surface area contributed by atoms with Gasteiger partial charge in [-0.3, -0.25) is 9.78 Å². The highest BCUT2D eigenvalue weighted by Crippen LogP contribution is 2.05. The number of carboxylic acid groups (broad SMARTS) is 1. The zero-order valence-corrected chi connectivity index (χ0v) is 7.33. The van der Waals surface area contributed by atoms with Crippen LogP contribution in [0, 0.1) is 11.6 Å². The third-order valence-electron chi connectivity index (χ3n) is 1.49. The van der Waals surface area contributed by atoms with Gasteiger partial charge in [0, 0.05) is 6.07 Å². The second-order valence-corrected chi connectivity index (χ2v) is 2.57. The van der Waals surface area contributed by atoms with Gasteiger partial charge in [-0.1, -0.05) is 0 Å². The Morgan fingerprint density at radius 1 is 1.47 bits per heavy atom. The number of nitrogens with zero attached hydrogens (tertiary/aromatic N) is 1. The highest BCUT2D eigenvalue weighted by molar-refractivity contribution is 6.31. The van der Waals surface area contributed by atoms with Crippen molar-refractivity contribution in [2.45, 2.75) is 6.54 Å². The Morgan fingerprint density at radius 3 is 2.67 bits per heavy atom. The fourth-order valence-corrected chi connectivity index (χ4v) is 0.813. The molecule has 0 saturated heterocycles. The predicted molar refractivity (Wildman–Crippen MR) is 43.6 cm³/mol. The number of hydrogen-bond acceptors (Lipinski definition) is 3. The highest BCUT2D eigenvalue weighted by Gasteiger charge is 2.12. The second-order valence-electron chi connectivity index (χ2n) is 2.57. The van der Waals surface area contributed by atoms with Gasteiger partial charge < -0.3 is 10.4 Å². The molecule has 0 aliphatic carbocycles. The zero-order valence-electron chi connectivity index (χ0n) is 7.33. The lowest BCUT2D eigenvalue weighted by molar-refractivity contribution is -0.150. The van der Waals surface area contributed by atoms with Crippen molar-refractivity contribution in [3.63, 3.8) is 0 Å². The molecule has 0 spiro atoms. The number of halogens is 2. The third-order valence-corrected chi connectivity index (χ3v) is 1.49. The number of aromatic nitrogens is 1. The Balaban J connectivity index is 2.66. The first kappa shape index (κ1) is 11.0. The van der Waals surface area contributed by atoms with Gasteiger partial charge in [-0.2, -0.15) is 0 Å². The molecule has 15 heavy (non-hydrogen) atoms. The highest BCUT2D eigenvalue weighted by atomic mass is 19.1. The third kappa shape index (κ3) is 2.97. The summed E-state index contributed by atoms with van der Waals surface area (Å²) in [6.45, 7) is -0.406. The van der Waals surface area contributed by atoms with E-state index in [-0.39, 0.29) is 5.69 Å². The van der Waals surface area contributed by atoms with Crippen LogP contribution in [0.4, 0.5) is 8.78 Å². The van der Waals surface area contributed by atoms with E-state index in [1.807, 2.05) is 5.32 Å². The summed E-state index contributed by atoms with van der Waals surface area (Å²) in [7, 11) is 0. The molecular weight excluding hydrogens is 210 g/mol. The lowest BCUT2D eigenvalue weighted by atomic mass is 10.3. The number of hydrogen-bond donors (Lipinski definition) is 2. The van der Waals surface area contributed by atoms with E-state index in [0.29, 0.717) is 6.07 Å². The first-order valence-electron chi connectivity index (χ1n) is 3.81. The molecule has 1 amide bonds. The predicted octanol–water partition coefficient (Wildman–Crippen LogP) is 0.0606. The monoisotopic (exact) mass is 216 g/mol. The van der Waals surface area contributed by atoms with E-state index in [1.54, 1.807) is 0 Å². The second kappa shape index (κ2) is 4.45. The molecule has 0 bridgehead atoms. The number of carboxylic acids is 1. The van der Waals surface area contributed by atoms with E-state index in [0.717, 1.165) is 6.20 Å². The lowest BCUT2D eigenvalue weighted by Crippen LogP contribution is -2.30. The van der Waals surface area contributed by atoms with Crippen LogP contribution in [-0.2, 0) is 16.1 Å². The van der Waals surface area contributed by atoms with Crippen LogP contribution in [0.15, 0.2) is 12.3 Å². The number of carbonyl (C=O) groups excluding carboxylic acids is 1. The minimum absolute atomic E-state index is 0.231. The summed E-state index contributed by atoms with van der Waals surface area (Å²) in [6, 6.07) is 0.593. The van der Waals surface area contributed by atoms with Crippen molar-refractivity contribution in [3.05, 3.63) is 29.6 Å². The average molecular weight is 216 g/mol. The Labute approximate surface area is 82.7 Å². The largest absolute Gasteiger partial charge is 0.474 e. The summed E-state index contributed by atoms with van der Waals surface area (Å²) in [5.74, 6) is -4.75. The molecule has 0 saturated carbocycles. The van der Waals surface area contributed by atoms with Crippen molar-refractivity contribution >= 4 is 11.9 Å². The lowest BCUT2D eigenvalue weighted by Gasteiger charge is -2.02. The van der Waals surface area contributed by atoms with Crippen LogP contribution in [0.2, 0.25) is 0 Å². The van der Waals surface area contributed by atoms with Gasteiger partial charge >= 0.3 is 11.9 Å². The summed E-state index contributed by atoms with van der Waals surface area (Å²) in [4.78, 5) is 24.0. The summed E-state index contributed by atoms with van der Waals surface area (Å²) in [6.07, 6.45) is 0.769. The van der Waals surface area contributed by atoms with Crippen molar-refractivity contribution in [1.29, 1.82) is 0 Å². The van der Waals surface area contributed by atoms with Gasteiger partial charge in [-0.25, -0.2) is 13.6 Å². The summed E-state index contributed by atoms with van der Waals surface area (Å²) in [5, 5.41) is 10.1. The van der Waals surface area contributed by atoms with Crippen molar-refractivity contribution in [1.82, 2.24) is 10.3 Å². The molecule has 0 unspecified atom stereocenters. The number of nitrogens with one attached hydrogen (secondary N) is 1. The van der Waals surface area contributed by atoms with Crippen molar-refractivity contribution in [2.24, 2.45) is 0 Å². The molecule has 2 N–H and O–H groups in total. The van der Waals surface area contributed by atoms with E-state index in [2.05, 4.69) is 4.98 Å². The molecular formula is C8H6F2N2O3. The topological polar surface area (TPSA) is 79.3 Å².